The van der Waals surface area contributed by atoms with E-state index in [1.54, 1.807) is 4.90 Å². The summed E-state index contributed by atoms with van der Waals surface area (Å²) < 4.78 is 5.23. The molecule has 0 aromatic heterocycles. The van der Waals surface area contributed by atoms with Crippen molar-refractivity contribution in [1.82, 2.24) is 4.90 Å². The quantitative estimate of drug-likeness (QED) is 0.755. The fourth-order valence-electron chi connectivity index (χ4n) is 1.97. The third-order valence-electron chi connectivity index (χ3n) is 3.25. The van der Waals surface area contributed by atoms with E-state index >= 15 is 0 Å². The highest BCUT2D eigenvalue weighted by atomic mass is 16.5. The molecule has 1 aliphatic heterocycles. The maximum atomic E-state index is 12.3. The van der Waals surface area contributed by atoms with Crippen LogP contribution < -0.4 is 0 Å². The highest BCUT2D eigenvalue weighted by Gasteiger charge is 2.24. The molecule has 1 saturated heterocycles. The fraction of sp³-hybridized carbons (Fsp3) is 0.429. The summed E-state index contributed by atoms with van der Waals surface area (Å²) in [5.41, 5.74) is 2.95. The van der Waals surface area contributed by atoms with Gasteiger partial charge in [0, 0.05) is 12.1 Å². The first kappa shape index (κ1) is 12.6. The molecular weight excluding hydrogens is 228 g/mol. The maximum absolute atomic E-state index is 12.3. The van der Waals surface area contributed by atoms with Gasteiger partial charge in [0.05, 0.1) is 19.2 Å². The molecule has 0 aliphatic carbocycles. The van der Waals surface area contributed by atoms with Crippen molar-refractivity contribution in [3.63, 3.8) is 0 Å². The monoisotopic (exact) mass is 244 g/mol. The van der Waals surface area contributed by atoms with Crippen molar-refractivity contribution in [2.75, 3.05) is 19.7 Å². The molecule has 0 spiro atoms. The SMILES string of the molecule is Cc1ccc(C(=O)N2CCOC(C#N)C2)cc1C. The van der Waals surface area contributed by atoms with Crippen molar-refractivity contribution in [3.05, 3.63) is 34.9 Å². The molecule has 94 valence electrons. The number of morpholine rings is 1. The number of carbonyl (C=O) groups excluding carboxylic acids is 1. The van der Waals surface area contributed by atoms with Crippen molar-refractivity contribution < 1.29 is 9.53 Å². The minimum Gasteiger partial charge on any atom is -0.360 e. The molecular formula is C14H16N2O2. The third-order valence-corrected chi connectivity index (χ3v) is 3.25. The number of carbonyl (C=O) groups is 1. The van der Waals surface area contributed by atoms with Crippen molar-refractivity contribution >= 4 is 5.91 Å². The number of hydrogen-bond acceptors (Lipinski definition) is 3. The van der Waals surface area contributed by atoms with E-state index in [1.807, 2.05) is 38.1 Å². The summed E-state index contributed by atoms with van der Waals surface area (Å²) in [6, 6.07) is 7.73. The van der Waals surface area contributed by atoms with Crippen LogP contribution in [0.1, 0.15) is 21.5 Å². The standard InChI is InChI=1S/C14H16N2O2/c1-10-3-4-12(7-11(10)2)14(17)16-5-6-18-13(8-15)9-16/h3-4,7,13H,5-6,9H2,1-2H3. The van der Waals surface area contributed by atoms with Gasteiger partial charge in [-0.3, -0.25) is 4.79 Å². The Morgan fingerprint density at radius 1 is 1.44 bits per heavy atom. The zero-order valence-electron chi connectivity index (χ0n) is 10.6. The molecule has 0 bridgehead atoms. The van der Waals surface area contributed by atoms with E-state index in [1.165, 1.54) is 5.56 Å². The average Bonchev–Trinajstić information content (AvgIpc) is 2.41. The molecule has 4 nitrogen and oxygen atoms in total. The Kier molecular flexibility index (Phi) is 3.63. The molecule has 1 unspecified atom stereocenters. The normalized spacial score (nSPS) is 19.4. The average molecular weight is 244 g/mol. The Hall–Kier alpha value is -1.86. The Bertz CT molecular complexity index is 505. The van der Waals surface area contributed by atoms with Crippen molar-refractivity contribution in [3.8, 4) is 6.07 Å². The van der Waals surface area contributed by atoms with Gasteiger partial charge in [0.25, 0.3) is 5.91 Å². The second kappa shape index (κ2) is 5.19. The number of amides is 1. The molecule has 1 aromatic rings. The van der Waals surface area contributed by atoms with Gasteiger partial charge in [0.15, 0.2) is 6.10 Å². The Balaban J connectivity index is 2.15. The zero-order chi connectivity index (χ0) is 13.1. The minimum atomic E-state index is -0.505. The second-order valence-electron chi connectivity index (χ2n) is 4.54. The van der Waals surface area contributed by atoms with Crippen LogP contribution in [0.2, 0.25) is 0 Å². The summed E-state index contributed by atoms with van der Waals surface area (Å²) in [6.07, 6.45) is -0.505. The molecule has 1 amide bonds. The van der Waals surface area contributed by atoms with Crippen molar-refractivity contribution in [1.29, 1.82) is 5.26 Å². The second-order valence-corrected chi connectivity index (χ2v) is 4.54. The van der Waals surface area contributed by atoms with E-state index in [2.05, 4.69) is 0 Å². The summed E-state index contributed by atoms with van der Waals surface area (Å²) >= 11 is 0. The van der Waals surface area contributed by atoms with Crippen LogP contribution in [0.3, 0.4) is 0 Å². The van der Waals surface area contributed by atoms with E-state index in [-0.39, 0.29) is 5.91 Å². The number of benzene rings is 1. The largest absolute Gasteiger partial charge is 0.360 e. The number of hydrogen-bond donors (Lipinski definition) is 0. The highest BCUT2D eigenvalue weighted by molar-refractivity contribution is 5.94. The van der Waals surface area contributed by atoms with Crippen LogP contribution in [0, 0.1) is 25.2 Å². The predicted molar refractivity (Wildman–Crippen MR) is 67.2 cm³/mol. The molecule has 2 rings (SSSR count). The van der Waals surface area contributed by atoms with Crippen LogP contribution in [-0.4, -0.2) is 36.6 Å². The van der Waals surface area contributed by atoms with Gasteiger partial charge in [-0.2, -0.15) is 5.26 Å². The van der Waals surface area contributed by atoms with Gasteiger partial charge in [0.1, 0.15) is 0 Å². The van der Waals surface area contributed by atoms with Crippen LogP contribution in [0.15, 0.2) is 18.2 Å². The molecule has 1 aromatic carbocycles. The molecule has 1 atom stereocenters. The third kappa shape index (κ3) is 2.52. The Labute approximate surface area is 107 Å². The van der Waals surface area contributed by atoms with Crippen LogP contribution in [0.5, 0.6) is 0 Å². The van der Waals surface area contributed by atoms with E-state index in [0.29, 0.717) is 25.3 Å². The van der Waals surface area contributed by atoms with Gasteiger partial charge in [0.2, 0.25) is 0 Å². The highest BCUT2D eigenvalue weighted by Crippen LogP contribution is 2.14. The molecule has 1 aliphatic rings. The van der Waals surface area contributed by atoms with Gasteiger partial charge in [-0.05, 0) is 37.1 Å². The summed E-state index contributed by atoms with van der Waals surface area (Å²) in [7, 11) is 0. The van der Waals surface area contributed by atoms with Crippen LogP contribution in [0.4, 0.5) is 0 Å². The van der Waals surface area contributed by atoms with Gasteiger partial charge in [-0.25, -0.2) is 0 Å². The van der Waals surface area contributed by atoms with Gasteiger partial charge < -0.3 is 9.64 Å². The van der Waals surface area contributed by atoms with Crippen molar-refractivity contribution in [2.24, 2.45) is 0 Å². The Morgan fingerprint density at radius 3 is 2.89 bits per heavy atom. The summed E-state index contributed by atoms with van der Waals surface area (Å²) in [5, 5.41) is 8.83. The lowest BCUT2D eigenvalue weighted by Crippen LogP contribution is -2.45. The van der Waals surface area contributed by atoms with Crippen molar-refractivity contribution in [2.45, 2.75) is 20.0 Å². The van der Waals surface area contributed by atoms with Crippen LogP contribution in [0.25, 0.3) is 0 Å². The molecule has 0 N–H and O–H groups in total. The van der Waals surface area contributed by atoms with E-state index in [0.717, 1.165) is 5.56 Å². The lowest BCUT2D eigenvalue weighted by atomic mass is 10.1. The summed E-state index contributed by atoms with van der Waals surface area (Å²) in [4.78, 5) is 14.0. The molecule has 1 heterocycles. The van der Waals surface area contributed by atoms with E-state index < -0.39 is 6.10 Å². The molecule has 18 heavy (non-hydrogen) atoms. The number of nitrogens with zero attached hydrogens (tertiary/aromatic N) is 2. The maximum Gasteiger partial charge on any atom is 0.254 e. The van der Waals surface area contributed by atoms with E-state index in [9.17, 15) is 4.79 Å². The first-order valence-electron chi connectivity index (χ1n) is 5.99. The first-order chi connectivity index (χ1) is 8.61. The lowest BCUT2D eigenvalue weighted by molar-refractivity contribution is 0.00346. The number of rotatable bonds is 1. The lowest BCUT2D eigenvalue weighted by Gasteiger charge is -2.29. The van der Waals surface area contributed by atoms with Crippen LogP contribution in [-0.2, 0) is 4.74 Å². The van der Waals surface area contributed by atoms with Gasteiger partial charge in [-0.15, -0.1) is 0 Å². The minimum absolute atomic E-state index is 0.0262. The summed E-state index contributed by atoms with van der Waals surface area (Å²) in [6.45, 7) is 5.33. The number of aryl methyl sites for hydroxylation is 2. The topological polar surface area (TPSA) is 53.3 Å². The predicted octanol–water partition coefficient (Wildman–Crippen LogP) is 1.67. The van der Waals surface area contributed by atoms with E-state index in [4.69, 9.17) is 10.00 Å². The number of ether oxygens (including phenoxy) is 1. The summed E-state index contributed by atoms with van der Waals surface area (Å²) in [5.74, 6) is -0.0262. The molecule has 0 saturated carbocycles. The molecule has 4 heteroatoms. The molecule has 0 radical (unpaired) electrons. The van der Waals surface area contributed by atoms with Gasteiger partial charge in [-0.1, -0.05) is 6.07 Å². The zero-order valence-corrected chi connectivity index (χ0v) is 10.6. The van der Waals surface area contributed by atoms with Crippen LogP contribution >= 0.6 is 0 Å². The molecule has 1 fully saturated rings. The smallest absolute Gasteiger partial charge is 0.254 e. The first-order valence-corrected chi connectivity index (χ1v) is 5.99. The fourth-order valence-corrected chi connectivity index (χ4v) is 1.97. The number of nitriles is 1. The van der Waals surface area contributed by atoms with Gasteiger partial charge >= 0.3 is 0 Å². The Morgan fingerprint density at radius 2 is 2.22 bits per heavy atom.